The molecule has 112 valence electrons. The van der Waals surface area contributed by atoms with Gasteiger partial charge in [0.15, 0.2) is 0 Å². The second kappa shape index (κ2) is 5.84. The average Bonchev–Trinajstić information content (AvgIpc) is 2.28. The van der Waals surface area contributed by atoms with Crippen molar-refractivity contribution in [3.63, 3.8) is 0 Å². The van der Waals surface area contributed by atoms with E-state index in [9.17, 15) is 0 Å². The third-order valence-electron chi connectivity index (χ3n) is 3.57. The number of nitrogens with zero attached hydrogens (tertiary/aromatic N) is 1. The molecule has 0 spiro atoms. The molecule has 0 aromatic heterocycles. The number of rotatable bonds is 4. The molecule has 0 atom stereocenters. The topological polar surface area (TPSA) is 24.5 Å². The summed E-state index contributed by atoms with van der Waals surface area (Å²) in [5.74, 6) is 0. The molecular formula is C17H28N2O. The Morgan fingerprint density at radius 1 is 1.00 bits per heavy atom. The Balaban J connectivity index is 2.01. The van der Waals surface area contributed by atoms with Crippen LogP contribution in [0.2, 0.25) is 0 Å². The Morgan fingerprint density at radius 2 is 1.50 bits per heavy atom. The molecule has 1 aliphatic rings. The Morgan fingerprint density at radius 3 is 2.00 bits per heavy atom. The first-order chi connectivity index (χ1) is 9.30. The SMILES string of the molecule is CNCc1ccc(CN2CC(C)(C)OC(C)(C)C2)cc1. The summed E-state index contributed by atoms with van der Waals surface area (Å²) in [7, 11) is 1.98. The first-order valence-corrected chi connectivity index (χ1v) is 7.45. The highest BCUT2D eigenvalue weighted by Gasteiger charge is 2.37. The van der Waals surface area contributed by atoms with E-state index >= 15 is 0 Å². The van der Waals surface area contributed by atoms with Crippen LogP contribution in [0.25, 0.3) is 0 Å². The first kappa shape index (κ1) is 15.5. The van der Waals surface area contributed by atoms with Gasteiger partial charge in [0.25, 0.3) is 0 Å². The fourth-order valence-corrected chi connectivity index (χ4v) is 3.28. The summed E-state index contributed by atoms with van der Waals surface area (Å²) in [5.41, 5.74) is 2.55. The number of morpholine rings is 1. The van der Waals surface area contributed by atoms with Gasteiger partial charge in [-0.3, -0.25) is 4.90 Å². The van der Waals surface area contributed by atoms with Crippen molar-refractivity contribution in [2.75, 3.05) is 20.1 Å². The average molecular weight is 276 g/mol. The van der Waals surface area contributed by atoms with Crippen LogP contribution in [0.15, 0.2) is 24.3 Å². The molecule has 1 heterocycles. The summed E-state index contributed by atoms with van der Waals surface area (Å²) in [6, 6.07) is 8.90. The van der Waals surface area contributed by atoms with Gasteiger partial charge in [0.2, 0.25) is 0 Å². The predicted molar refractivity (Wildman–Crippen MR) is 83.7 cm³/mol. The maximum Gasteiger partial charge on any atom is 0.0760 e. The molecule has 1 aromatic rings. The van der Waals surface area contributed by atoms with Gasteiger partial charge in [0.1, 0.15) is 0 Å². The molecule has 3 nitrogen and oxygen atoms in total. The van der Waals surface area contributed by atoms with Gasteiger partial charge >= 0.3 is 0 Å². The van der Waals surface area contributed by atoms with E-state index in [-0.39, 0.29) is 11.2 Å². The van der Waals surface area contributed by atoms with Gasteiger partial charge in [-0.05, 0) is 45.9 Å². The Kier molecular flexibility index (Phi) is 4.52. The van der Waals surface area contributed by atoms with E-state index in [1.807, 2.05) is 7.05 Å². The largest absolute Gasteiger partial charge is 0.367 e. The van der Waals surface area contributed by atoms with Crippen LogP contribution < -0.4 is 5.32 Å². The third kappa shape index (κ3) is 4.30. The molecule has 0 bridgehead atoms. The first-order valence-electron chi connectivity index (χ1n) is 7.45. The van der Waals surface area contributed by atoms with Crippen LogP contribution in [-0.4, -0.2) is 36.2 Å². The van der Waals surface area contributed by atoms with Gasteiger partial charge in [0, 0.05) is 26.2 Å². The van der Waals surface area contributed by atoms with E-state index in [0.717, 1.165) is 26.2 Å². The van der Waals surface area contributed by atoms with Crippen molar-refractivity contribution in [3.05, 3.63) is 35.4 Å². The third-order valence-corrected chi connectivity index (χ3v) is 3.57. The lowest BCUT2D eigenvalue weighted by molar-refractivity contribution is -0.182. The molecule has 2 rings (SSSR count). The van der Waals surface area contributed by atoms with Gasteiger partial charge in [-0.2, -0.15) is 0 Å². The molecule has 0 amide bonds. The van der Waals surface area contributed by atoms with Crippen molar-refractivity contribution >= 4 is 0 Å². The standard InChI is InChI=1S/C17H28N2O/c1-16(2)12-19(13-17(3,4)20-16)11-15-8-6-14(7-9-15)10-18-5/h6-9,18H,10-13H2,1-5H3. The lowest BCUT2D eigenvalue weighted by atomic mass is 9.98. The number of ether oxygens (including phenoxy) is 1. The molecule has 1 N–H and O–H groups in total. The van der Waals surface area contributed by atoms with Crippen LogP contribution in [0.4, 0.5) is 0 Å². The Bertz CT molecular complexity index is 421. The molecule has 0 unspecified atom stereocenters. The molecule has 0 aliphatic carbocycles. The molecule has 1 aliphatic heterocycles. The fourth-order valence-electron chi connectivity index (χ4n) is 3.28. The lowest BCUT2D eigenvalue weighted by Gasteiger charge is -2.47. The number of hydrogen-bond donors (Lipinski definition) is 1. The van der Waals surface area contributed by atoms with Crippen LogP contribution >= 0.6 is 0 Å². The minimum Gasteiger partial charge on any atom is -0.367 e. The normalized spacial score (nSPS) is 21.9. The van der Waals surface area contributed by atoms with E-state index in [2.05, 4.69) is 62.2 Å². The summed E-state index contributed by atoms with van der Waals surface area (Å²) < 4.78 is 6.13. The van der Waals surface area contributed by atoms with Crippen molar-refractivity contribution in [2.24, 2.45) is 0 Å². The van der Waals surface area contributed by atoms with Gasteiger partial charge < -0.3 is 10.1 Å². The van der Waals surface area contributed by atoms with Crippen LogP contribution in [-0.2, 0) is 17.8 Å². The maximum atomic E-state index is 6.13. The highest BCUT2D eigenvalue weighted by Crippen LogP contribution is 2.28. The molecule has 1 saturated heterocycles. The van der Waals surface area contributed by atoms with Crippen molar-refractivity contribution in [2.45, 2.75) is 52.0 Å². The number of benzene rings is 1. The molecular weight excluding hydrogens is 248 g/mol. The monoisotopic (exact) mass is 276 g/mol. The second-order valence-corrected chi connectivity index (χ2v) is 7.11. The predicted octanol–water partition coefficient (Wildman–Crippen LogP) is 2.80. The summed E-state index contributed by atoms with van der Waals surface area (Å²) in [6.07, 6.45) is 0. The highest BCUT2D eigenvalue weighted by atomic mass is 16.5. The molecule has 3 heteroatoms. The van der Waals surface area contributed by atoms with E-state index in [4.69, 9.17) is 4.74 Å². The van der Waals surface area contributed by atoms with Crippen LogP contribution in [0, 0.1) is 0 Å². The van der Waals surface area contributed by atoms with E-state index in [1.165, 1.54) is 11.1 Å². The summed E-state index contributed by atoms with van der Waals surface area (Å²) in [4.78, 5) is 2.50. The van der Waals surface area contributed by atoms with Crippen molar-refractivity contribution in [1.82, 2.24) is 10.2 Å². The number of nitrogens with one attached hydrogen (secondary N) is 1. The zero-order valence-corrected chi connectivity index (χ0v) is 13.5. The smallest absolute Gasteiger partial charge is 0.0760 e. The van der Waals surface area contributed by atoms with Crippen LogP contribution in [0.5, 0.6) is 0 Å². The van der Waals surface area contributed by atoms with E-state index in [1.54, 1.807) is 0 Å². The van der Waals surface area contributed by atoms with Crippen LogP contribution in [0.3, 0.4) is 0 Å². The molecule has 1 fully saturated rings. The molecule has 0 radical (unpaired) electrons. The van der Waals surface area contributed by atoms with Gasteiger partial charge in [-0.1, -0.05) is 24.3 Å². The summed E-state index contributed by atoms with van der Waals surface area (Å²) in [5, 5.41) is 3.18. The van der Waals surface area contributed by atoms with Crippen molar-refractivity contribution < 1.29 is 4.74 Å². The molecule has 20 heavy (non-hydrogen) atoms. The zero-order chi connectivity index (χ0) is 14.8. The zero-order valence-electron chi connectivity index (χ0n) is 13.5. The van der Waals surface area contributed by atoms with E-state index < -0.39 is 0 Å². The maximum absolute atomic E-state index is 6.13. The lowest BCUT2D eigenvalue weighted by Crippen LogP contribution is -2.56. The van der Waals surface area contributed by atoms with Crippen molar-refractivity contribution in [1.29, 1.82) is 0 Å². The summed E-state index contributed by atoms with van der Waals surface area (Å²) >= 11 is 0. The van der Waals surface area contributed by atoms with Crippen LogP contribution in [0.1, 0.15) is 38.8 Å². The van der Waals surface area contributed by atoms with Gasteiger partial charge in [-0.15, -0.1) is 0 Å². The Hall–Kier alpha value is -0.900. The fraction of sp³-hybridized carbons (Fsp3) is 0.647. The van der Waals surface area contributed by atoms with Crippen molar-refractivity contribution in [3.8, 4) is 0 Å². The second-order valence-electron chi connectivity index (χ2n) is 7.11. The minimum atomic E-state index is -0.0756. The summed E-state index contributed by atoms with van der Waals surface area (Å²) in [6.45, 7) is 12.6. The molecule has 1 aromatic carbocycles. The quantitative estimate of drug-likeness (QED) is 0.915. The van der Waals surface area contributed by atoms with E-state index in [0.29, 0.717) is 0 Å². The number of hydrogen-bond acceptors (Lipinski definition) is 3. The Labute approximate surface area is 123 Å². The van der Waals surface area contributed by atoms with Gasteiger partial charge in [0.05, 0.1) is 11.2 Å². The highest BCUT2D eigenvalue weighted by molar-refractivity contribution is 5.22. The van der Waals surface area contributed by atoms with Gasteiger partial charge in [-0.25, -0.2) is 0 Å². The minimum absolute atomic E-state index is 0.0756. The molecule has 0 saturated carbocycles.